The Morgan fingerprint density at radius 1 is 1.00 bits per heavy atom. The summed E-state index contributed by atoms with van der Waals surface area (Å²) in [5.41, 5.74) is 2.50. The summed E-state index contributed by atoms with van der Waals surface area (Å²) >= 11 is 0. The number of unbranched alkanes of at least 4 members (excludes halogenated alkanes) is 1. The van der Waals surface area contributed by atoms with Gasteiger partial charge in [0, 0.05) is 18.3 Å². The molecule has 7 heteroatoms. The number of hydrogen-bond acceptors (Lipinski definition) is 4. The van der Waals surface area contributed by atoms with E-state index < -0.39 is 5.91 Å². The van der Waals surface area contributed by atoms with Crippen LogP contribution in [-0.2, 0) is 6.54 Å². The van der Waals surface area contributed by atoms with E-state index in [1.165, 1.54) is 16.8 Å². The number of amides is 1. The number of imidazole rings is 1. The molecule has 0 bridgehead atoms. The Morgan fingerprint density at radius 2 is 1.76 bits per heavy atom. The van der Waals surface area contributed by atoms with Crippen molar-refractivity contribution in [1.29, 1.82) is 0 Å². The van der Waals surface area contributed by atoms with Gasteiger partial charge in [-0.25, -0.2) is 9.67 Å². The molecule has 4 rings (SSSR count). The number of anilines is 1. The van der Waals surface area contributed by atoms with Gasteiger partial charge in [-0.15, -0.1) is 0 Å². The van der Waals surface area contributed by atoms with Crippen LogP contribution in [0.4, 0.5) is 5.95 Å². The first-order chi connectivity index (χ1) is 14.2. The van der Waals surface area contributed by atoms with Crippen LogP contribution in [0.3, 0.4) is 0 Å². The molecule has 29 heavy (non-hydrogen) atoms. The van der Waals surface area contributed by atoms with Crippen LogP contribution in [0.15, 0.2) is 71.5 Å². The third kappa shape index (κ3) is 3.80. The van der Waals surface area contributed by atoms with Crippen LogP contribution < -0.4 is 10.9 Å². The van der Waals surface area contributed by atoms with Crippen LogP contribution in [-0.4, -0.2) is 25.2 Å². The van der Waals surface area contributed by atoms with Gasteiger partial charge in [0.2, 0.25) is 5.95 Å². The lowest BCUT2D eigenvalue weighted by atomic mass is 10.3. The minimum Gasteiger partial charge on any atom is -0.290 e. The summed E-state index contributed by atoms with van der Waals surface area (Å²) in [6.45, 7) is 2.52. The summed E-state index contributed by atoms with van der Waals surface area (Å²) in [7, 11) is 0. The van der Waals surface area contributed by atoms with Crippen LogP contribution in [0.1, 0.15) is 30.3 Å². The zero-order valence-corrected chi connectivity index (χ0v) is 16.1. The number of aryl methyl sites for hydroxylation is 1. The molecular formula is C22H21N5O2. The van der Waals surface area contributed by atoms with Crippen molar-refractivity contribution in [1.82, 2.24) is 19.3 Å². The molecule has 1 N–H and O–H groups in total. The van der Waals surface area contributed by atoms with Gasteiger partial charge in [0.25, 0.3) is 11.5 Å². The Balaban J connectivity index is 1.71. The number of benzene rings is 2. The maximum atomic E-state index is 12.9. The lowest BCUT2D eigenvalue weighted by Gasteiger charge is -2.10. The van der Waals surface area contributed by atoms with E-state index in [1.54, 1.807) is 0 Å². The normalized spacial score (nSPS) is 10.9. The predicted molar refractivity (Wildman–Crippen MR) is 112 cm³/mol. The number of fused-ring (bicyclic) bond motifs is 1. The molecule has 146 valence electrons. The van der Waals surface area contributed by atoms with E-state index in [-0.39, 0.29) is 11.3 Å². The lowest BCUT2D eigenvalue weighted by molar-refractivity contribution is 0.101. The van der Waals surface area contributed by atoms with Gasteiger partial charge in [-0.05, 0) is 36.8 Å². The van der Waals surface area contributed by atoms with E-state index in [1.807, 2.05) is 66.1 Å². The molecule has 4 aromatic rings. The Labute approximate surface area is 167 Å². The third-order valence-electron chi connectivity index (χ3n) is 4.62. The largest absolute Gasteiger partial charge is 0.290 e. The Bertz CT molecular complexity index is 1210. The van der Waals surface area contributed by atoms with Crippen molar-refractivity contribution in [2.75, 3.05) is 5.32 Å². The average molecular weight is 387 g/mol. The number of aromatic nitrogens is 4. The molecule has 0 saturated heterocycles. The number of carbonyl (C=O) groups is 1. The van der Waals surface area contributed by atoms with Gasteiger partial charge in [-0.2, -0.15) is 5.10 Å². The van der Waals surface area contributed by atoms with E-state index in [2.05, 4.69) is 15.4 Å². The molecule has 0 atom stereocenters. The molecule has 7 nitrogen and oxygen atoms in total. The highest BCUT2D eigenvalue weighted by Crippen LogP contribution is 2.24. The first-order valence-corrected chi connectivity index (χ1v) is 9.60. The van der Waals surface area contributed by atoms with Crippen LogP contribution in [0.5, 0.6) is 0 Å². The van der Waals surface area contributed by atoms with Crippen molar-refractivity contribution in [3.05, 3.63) is 82.8 Å². The second-order valence-corrected chi connectivity index (χ2v) is 6.68. The van der Waals surface area contributed by atoms with Crippen molar-refractivity contribution in [2.24, 2.45) is 0 Å². The number of nitrogens with one attached hydrogen (secondary N) is 1. The molecule has 2 heterocycles. The SMILES string of the molecule is CCCCn1nc(C(=O)Nc2nc3ccccc3n2-c2ccccc2)ccc1=O. The van der Waals surface area contributed by atoms with Crippen LogP contribution >= 0.6 is 0 Å². The van der Waals surface area contributed by atoms with Gasteiger partial charge >= 0.3 is 0 Å². The molecule has 0 aliphatic rings. The van der Waals surface area contributed by atoms with Crippen LogP contribution in [0, 0.1) is 0 Å². The highest BCUT2D eigenvalue weighted by Gasteiger charge is 2.17. The number of hydrogen-bond donors (Lipinski definition) is 1. The molecule has 0 radical (unpaired) electrons. The van der Waals surface area contributed by atoms with Gasteiger partial charge in [-0.3, -0.25) is 19.5 Å². The average Bonchev–Trinajstić information content (AvgIpc) is 3.11. The Morgan fingerprint density at radius 3 is 2.55 bits per heavy atom. The number of para-hydroxylation sites is 3. The molecule has 2 aromatic heterocycles. The quantitative estimate of drug-likeness (QED) is 0.548. The van der Waals surface area contributed by atoms with Gasteiger partial charge in [0.15, 0.2) is 0 Å². The molecule has 2 aromatic carbocycles. The molecule has 0 aliphatic carbocycles. The minimum absolute atomic E-state index is 0.173. The van der Waals surface area contributed by atoms with Crippen molar-refractivity contribution in [2.45, 2.75) is 26.3 Å². The summed E-state index contributed by atoms with van der Waals surface area (Å²) in [5.74, 6) is -0.0155. The molecule has 0 aliphatic heterocycles. The fourth-order valence-corrected chi connectivity index (χ4v) is 3.15. The molecule has 0 fully saturated rings. The second-order valence-electron chi connectivity index (χ2n) is 6.68. The van der Waals surface area contributed by atoms with E-state index in [9.17, 15) is 9.59 Å². The Kier molecular flexibility index (Phi) is 5.20. The molecule has 1 amide bonds. The van der Waals surface area contributed by atoms with Crippen LogP contribution in [0.25, 0.3) is 16.7 Å². The van der Waals surface area contributed by atoms with E-state index in [0.29, 0.717) is 12.5 Å². The number of rotatable bonds is 6. The van der Waals surface area contributed by atoms with E-state index in [4.69, 9.17) is 0 Å². The second kappa shape index (κ2) is 8.10. The highest BCUT2D eigenvalue weighted by atomic mass is 16.2. The summed E-state index contributed by atoms with van der Waals surface area (Å²) in [6, 6.07) is 20.2. The minimum atomic E-state index is -0.414. The summed E-state index contributed by atoms with van der Waals surface area (Å²) in [4.78, 5) is 29.4. The zero-order chi connectivity index (χ0) is 20.2. The standard InChI is InChI=1S/C22H21N5O2/c1-2-3-15-26-20(28)14-13-18(25-26)21(29)24-22-23-17-11-7-8-12-19(17)27(22)16-9-5-4-6-10-16/h4-14H,2-3,15H2,1H3,(H,23,24,29). The van der Waals surface area contributed by atoms with Gasteiger partial charge in [0.1, 0.15) is 5.69 Å². The third-order valence-corrected chi connectivity index (χ3v) is 4.62. The smallest absolute Gasteiger partial charge is 0.278 e. The maximum absolute atomic E-state index is 12.9. The van der Waals surface area contributed by atoms with Crippen molar-refractivity contribution in [3.63, 3.8) is 0 Å². The molecule has 0 saturated carbocycles. The predicted octanol–water partition coefficient (Wildman–Crippen LogP) is 3.63. The monoisotopic (exact) mass is 387 g/mol. The first-order valence-electron chi connectivity index (χ1n) is 9.60. The first kappa shape index (κ1) is 18.6. The van der Waals surface area contributed by atoms with Gasteiger partial charge in [-0.1, -0.05) is 43.7 Å². The van der Waals surface area contributed by atoms with Gasteiger partial charge in [0.05, 0.1) is 11.0 Å². The fraction of sp³-hybridized carbons (Fsp3) is 0.182. The van der Waals surface area contributed by atoms with Crippen molar-refractivity contribution in [3.8, 4) is 5.69 Å². The molecule has 0 spiro atoms. The maximum Gasteiger partial charge on any atom is 0.278 e. The summed E-state index contributed by atoms with van der Waals surface area (Å²) in [6.07, 6.45) is 1.76. The summed E-state index contributed by atoms with van der Waals surface area (Å²) < 4.78 is 3.22. The lowest BCUT2D eigenvalue weighted by Crippen LogP contribution is -2.26. The topological polar surface area (TPSA) is 81.8 Å². The van der Waals surface area contributed by atoms with Crippen molar-refractivity contribution < 1.29 is 4.79 Å². The number of nitrogens with zero attached hydrogens (tertiary/aromatic N) is 4. The highest BCUT2D eigenvalue weighted by molar-refractivity contribution is 6.02. The number of carbonyl (C=O) groups excluding carboxylic acids is 1. The summed E-state index contributed by atoms with van der Waals surface area (Å²) in [5, 5.41) is 7.07. The van der Waals surface area contributed by atoms with E-state index in [0.717, 1.165) is 29.6 Å². The molecular weight excluding hydrogens is 366 g/mol. The van der Waals surface area contributed by atoms with Crippen molar-refractivity contribution >= 4 is 22.9 Å². The fourth-order valence-electron chi connectivity index (χ4n) is 3.15. The van der Waals surface area contributed by atoms with Crippen LogP contribution in [0.2, 0.25) is 0 Å². The van der Waals surface area contributed by atoms with Gasteiger partial charge < -0.3 is 0 Å². The molecule has 0 unspecified atom stereocenters. The Hall–Kier alpha value is -3.74. The van der Waals surface area contributed by atoms with E-state index >= 15 is 0 Å². The zero-order valence-electron chi connectivity index (χ0n) is 16.1.